The van der Waals surface area contributed by atoms with E-state index in [2.05, 4.69) is 4.98 Å². The minimum Gasteiger partial charge on any atom is -0.333 e. The van der Waals surface area contributed by atoms with E-state index >= 15 is 0 Å². The lowest BCUT2D eigenvalue weighted by molar-refractivity contribution is -0.140. The van der Waals surface area contributed by atoms with Gasteiger partial charge in [-0.25, -0.2) is 4.98 Å². The molecule has 3 nitrogen and oxygen atoms in total. The average molecular weight is 370 g/mol. The zero-order chi connectivity index (χ0) is 18.3. The molecule has 1 aromatic heterocycles. The van der Waals surface area contributed by atoms with Crippen molar-refractivity contribution in [3.8, 4) is 11.4 Å². The Morgan fingerprint density at radius 1 is 1.17 bits per heavy atom. The van der Waals surface area contributed by atoms with Crippen LogP contribution in [0.15, 0.2) is 29.3 Å². The predicted molar refractivity (Wildman–Crippen MR) is 75.7 cm³/mol. The number of alkyl halides is 6. The van der Waals surface area contributed by atoms with Crippen LogP contribution in [0.2, 0.25) is 0 Å². The molecule has 0 fully saturated rings. The van der Waals surface area contributed by atoms with Crippen LogP contribution in [0.4, 0.5) is 26.3 Å². The molecule has 0 saturated carbocycles. The predicted octanol–water partition coefficient (Wildman–Crippen LogP) is 4.08. The molecule has 1 atom stereocenters. The summed E-state index contributed by atoms with van der Waals surface area (Å²) in [6.07, 6.45) is -8.47. The van der Waals surface area contributed by atoms with Crippen molar-refractivity contribution in [2.24, 2.45) is 7.05 Å². The van der Waals surface area contributed by atoms with Crippen LogP contribution >= 0.6 is 0 Å². The molecule has 0 spiro atoms. The van der Waals surface area contributed by atoms with Crippen LogP contribution in [0.5, 0.6) is 0 Å². The van der Waals surface area contributed by atoms with Crippen molar-refractivity contribution in [3.05, 3.63) is 35.7 Å². The molecule has 1 unspecified atom stereocenters. The highest BCUT2D eigenvalue weighted by Gasteiger charge is 2.35. The number of imidazole rings is 1. The Morgan fingerprint density at radius 3 is 2.29 bits per heavy atom. The topological polar surface area (TPSA) is 34.9 Å². The van der Waals surface area contributed by atoms with Crippen LogP contribution in [-0.4, -0.2) is 25.7 Å². The number of halogens is 6. The minimum atomic E-state index is -4.64. The Balaban J connectivity index is 2.45. The fourth-order valence-corrected chi connectivity index (χ4v) is 3.22. The van der Waals surface area contributed by atoms with Gasteiger partial charge in [-0.3, -0.25) is 4.21 Å². The van der Waals surface area contributed by atoms with E-state index < -0.39 is 34.6 Å². The van der Waals surface area contributed by atoms with Gasteiger partial charge in [-0.1, -0.05) is 12.1 Å². The molecule has 0 aliphatic carbocycles. The molecular weight excluding hydrogens is 358 g/mol. The van der Waals surface area contributed by atoms with Crippen molar-refractivity contribution >= 4 is 10.8 Å². The Morgan fingerprint density at radius 2 is 1.79 bits per heavy atom. The van der Waals surface area contributed by atoms with E-state index in [1.54, 1.807) is 0 Å². The highest BCUT2D eigenvalue weighted by Crippen LogP contribution is 2.32. The van der Waals surface area contributed by atoms with E-state index in [9.17, 15) is 30.6 Å². The van der Waals surface area contributed by atoms with E-state index in [1.165, 1.54) is 32.2 Å². The third-order valence-corrected chi connectivity index (χ3v) is 4.67. The smallest absolute Gasteiger partial charge is 0.333 e. The van der Waals surface area contributed by atoms with Crippen LogP contribution in [0.3, 0.4) is 0 Å². The normalized spacial score (nSPS) is 14.0. The van der Waals surface area contributed by atoms with Crippen molar-refractivity contribution in [2.75, 3.05) is 5.75 Å². The maximum Gasteiger partial charge on any atom is 0.434 e. The highest BCUT2D eigenvalue weighted by molar-refractivity contribution is 7.85. The molecule has 0 aliphatic rings. The Hall–Kier alpha value is -1.84. The third-order valence-electron chi connectivity index (χ3n) is 3.15. The van der Waals surface area contributed by atoms with Crippen molar-refractivity contribution in [2.45, 2.75) is 24.2 Å². The molecule has 2 aromatic rings. The van der Waals surface area contributed by atoms with Crippen molar-refractivity contribution in [3.63, 3.8) is 0 Å². The third kappa shape index (κ3) is 4.16. The molecule has 132 valence electrons. The van der Waals surface area contributed by atoms with E-state index in [0.717, 1.165) is 10.8 Å². The number of nitrogens with zero attached hydrogens (tertiary/aromatic N) is 2. The molecule has 0 N–H and O–H groups in total. The minimum absolute atomic E-state index is 0.0763. The second-order valence-corrected chi connectivity index (χ2v) is 6.56. The number of hydrogen-bond donors (Lipinski definition) is 0. The number of benzene rings is 1. The van der Waals surface area contributed by atoms with E-state index in [4.69, 9.17) is 0 Å². The SMILES string of the molecule is Cc1ccc(-c2nc(C(F)(F)F)cn2C)cc1S(=O)CC(F)(F)F. The van der Waals surface area contributed by atoms with E-state index in [0.29, 0.717) is 5.56 Å². The average Bonchev–Trinajstić information content (AvgIpc) is 2.79. The Labute approximate surface area is 135 Å². The van der Waals surface area contributed by atoms with Gasteiger partial charge in [0.25, 0.3) is 0 Å². The molecule has 24 heavy (non-hydrogen) atoms. The first-order chi connectivity index (χ1) is 10.9. The summed E-state index contributed by atoms with van der Waals surface area (Å²) < 4.78 is 88.4. The van der Waals surface area contributed by atoms with Crippen LogP contribution in [-0.2, 0) is 24.0 Å². The summed E-state index contributed by atoms with van der Waals surface area (Å²) in [5, 5.41) is 0. The largest absolute Gasteiger partial charge is 0.434 e. The van der Waals surface area contributed by atoms with Crippen LogP contribution in [0.1, 0.15) is 11.3 Å². The van der Waals surface area contributed by atoms with Gasteiger partial charge in [0, 0.05) is 23.7 Å². The van der Waals surface area contributed by atoms with Gasteiger partial charge < -0.3 is 4.57 Å². The lowest BCUT2D eigenvalue weighted by Crippen LogP contribution is -2.19. The molecule has 0 saturated heterocycles. The highest BCUT2D eigenvalue weighted by atomic mass is 32.2. The Kier molecular flexibility index (Phi) is 4.80. The molecule has 0 aliphatic heterocycles. The maximum absolute atomic E-state index is 12.7. The fraction of sp³-hybridized carbons (Fsp3) is 0.357. The quantitative estimate of drug-likeness (QED) is 0.763. The fourth-order valence-electron chi connectivity index (χ4n) is 2.08. The lowest BCUT2D eigenvalue weighted by Gasteiger charge is -2.10. The molecule has 1 aromatic carbocycles. The first-order valence-corrected chi connectivity index (χ1v) is 7.87. The van der Waals surface area contributed by atoms with Crippen LogP contribution in [0, 0.1) is 6.92 Å². The molecule has 0 radical (unpaired) electrons. The second kappa shape index (κ2) is 6.23. The van der Waals surface area contributed by atoms with Crippen molar-refractivity contribution < 1.29 is 30.6 Å². The molecule has 1 heterocycles. The monoisotopic (exact) mass is 370 g/mol. The van der Waals surface area contributed by atoms with E-state index in [-0.39, 0.29) is 16.3 Å². The first-order valence-electron chi connectivity index (χ1n) is 6.55. The summed E-state index contributed by atoms with van der Waals surface area (Å²) in [5.74, 6) is -1.60. The van der Waals surface area contributed by atoms with Gasteiger partial charge in [0.2, 0.25) is 0 Å². The molecule has 0 bridgehead atoms. The number of aryl methyl sites for hydroxylation is 2. The number of hydrogen-bond acceptors (Lipinski definition) is 2. The van der Waals surface area contributed by atoms with Gasteiger partial charge in [0.1, 0.15) is 11.6 Å². The number of rotatable bonds is 3. The zero-order valence-electron chi connectivity index (χ0n) is 12.5. The van der Waals surface area contributed by atoms with Crippen molar-refractivity contribution in [1.29, 1.82) is 0 Å². The summed E-state index contributed by atoms with van der Waals surface area (Å²) in [7, 11) is -1.01. The van der Waals surface area contributed by atoms with Gasteiger partial charge in [-0.15, -0.1) is 0 Å². The second-order valence-electron chi connectivity index (χ2n) is 5.14. The summed E-state index contributed by atoms with van der Waals surface area (Å²) in [6, 6.07) is 4.01. The van der Waals surface area contributed by atoms with Crippen LogP contribution < -0.4 is 0 Å². The first kappa shape index (κ1) is 18.5. The number of aromatic nitrogens is 2. The summed E-state index contributed by atoms with van der Waals surface area (Å²) in [4.78, 5) is 3.39. The zero-order valence-corrected chi connectivity index (χ0v) is 13.3. The maximum atomic E-state index is 12.7. The summed E-state index contributed by atoms with van der Waals surface area (Å²) in [5.41, 5.74) is -0.603. The molecule has 0 amide bonds. The molecule has 2 rings (SSSR count). The standard InChI is InChI=1S/C14H12F6N2OS/c1-8-3-4-9(5-10(8)24(23)7-13(15,16)17)12-21-11(6-22(12)2)14(18,19)20/h3-6H,7H2,1-2H3. The summed E-state index contributed by atoms with van der Waals surface area (Å²) >= 11 is 0. The molecular formula is C14H12F6N2OS. The van der Waals surface area contributed by atoms with E-state index in [1.807, 2.05) is 0 Å². The lowest BCUT2D eigenvalue weighted by atomic mass is 10.1. The summed E-state index contributed by atoms with van der Waals surface area (Å²) in [6.45, 7) is 1.48. The van der Waals surface area contributed by atoms with Gasteiger partial charge >= 0.3 is 12.4 Å². The van der Waals surface area contributed by atoms with Crippen LogP contribution in [0.25, 0.3) is 11.4 Å². The van der Waals surface area contributed by atoms with Gasteiger partial charge in [0.15, 0.2) is 5.69 Å². The van der Waals surface area contributed by atoms with Gasteiger partial charge in [-0.2, -0.15) is 26.3 Å². The van der Waals surface area contributed by atoms with Crippen molar-refractivity contribution in [1.82, 2.24) is 9.55 Å². The van der Waals surface area contributed by atoms with Gasteiger partial charge in [0.05, 0.1) is 10.8 Å². The van der Waals surface area contributed by atoms with Gasteiger partial charge in [-0.05, 0) is 18.6 Å². The molecule has 10 heteroatoms. The Bertz CT molecular complexity index is 779.